The van der Waals surface area contributed by atoms with Crippen LogP contribution >= 0.6 is 0 Å². The number of benzene rings is 3. The number of hydrogen-bond acceptors (Lipinski definition) is 8. The number of fused-ring (bicyclic) bond motifs is 2. The molecule has 0 saturated heterocycles. The second-order valence-corrected chi connectivity index (χ2v) is 8.01. The van der Waals surface area contributed by atoms with Gasteiger partial charge in [-0.25, -0.2) is 4.79 Å². The normalized spacial score (nSPS) is 13.0. The van der Waals surface area contributed by atoms with Crippen LogP contribution in [0.5, 0.6) is 28.7 Å². The molecule has 2 heterocycles. The highest BCUT2D eigenvalue weighted by Gasteiger charge is 2.29. The molecule has 35 heavy (non-hydrogen) atoms. The van der Waals surface area contributed by atoms with Gasteiger partial charge in [0.05, 0.1) is 25.2 Å². The van der Waals surface area contributed by atoms with E-state index in [0.29, 0.717) is 39.5 Å². The number of Topliss-reactive ketones (excluding diaryl/α,β-unsaturated/α-hetero) is 1. The van der Waals surface area contributed by atoms with E-state index >= 15 is 0 Å². The second-order valence-electron chi connectivity index (χ2n) is 8.01. The van der Waals surface area contributed by atoms with Gasteiger partial charge in [-0.3, -0.25) is 4.79 Å². The minimum absolute atomic E-state index is 0.00334. The van der Waals surface area contributed by atoms with Crippen molar-refractivity contribution in [1.29, 1.82) is 0 Å². The summed E-state index contributed by atoms with van der Waals surface area (Å²) in [5.74, 6) is 0.658. The van der Waals surface area contributed by atoms with Crippen molar-refractivity contribution in [3.63, 3.8) is 0 Å². The van der Waals surface area contributed by atoms with Crippen molar-refractivity contribution in [3.05, 3.63) is 87.8 Å². The van der Waals surface area contributed by atoms with Crippen LogP contribution in [0.4, 0.5) is 0 Å². The van der Waals surface area contributed by atoms with Gasteiger partial charge in [-0.1, -0.05) is 18.2 Å². The Balaban J connectivity index is 1.62. The van der Waals surface area contributed by atoms with Crippen molar-refractivity contribution in [1.82, 2.24) is 0 Å². The number of rotatable bonds is 7. The molecule has 178 valence electrons. The van der Waals surface area contributed by atoms with Crippen LogP contribution in [0.1, 0.15) is 33.8 Å². The summed E-state index contributed by atoms with van der Waals surface area (Å²) >= 11 is 0. The molecule has 0 amide bonds. The SMILES string of the molecule is COc1ccc(C(=O)C[C@@H](c2ccc3c(c2)OCO3)c2c(O)c3ccccc3oc2=O)cc1OC. The fraction of sp³-hybridized carbons (Fsp3) is 0.185. The van der Waals surface area contributed by atoms with Gasteiger partial charge in [0.25, 0.3) is 0 Å². The lowest BCUT2D eigenvalue weighted by Crippen LogP contribution is -2.17. The zero-order chi connectivity index (χ0) is 24.5. The number of hydrogen-bond donors (Lipinski definition) is 1. The van der Waals surface area contributed by atoms with Crippen LogP contribution in [0.3, 0.4) is 0 Å². The predicted molar refractivity (Wildman–Crippen MR) is 127 cm³/mol. The van der Waals surface area contributed by atoms with Crippen molar-refractivity contribution in [2.75, 3.05) is 21.0 Å². The van der Waals surface area contributed by atoms with E-state index < -0.39 is 11.5 Å². The van der Waals surface area contributed by atoms with Crippen LogP contribution < -0.4 is 24.6 Å². The maximum Gasteiger partial charge on any atom is 0.343 e. The molecule has 1 aromatic heterocycles. The average molecular weight is 474 g/mol. The molecule has 0 spiro atoms. The third-order valence-corrected chi connectivity index (χ3v) is 6.06. The van der Waals surface area contributed by atoms with Crippen molar-refractivity contribution >= 4 is 16.8 Å². The Kier molecular flexibility index (Phi) is 5.78. The van der Waals surface area contributed by atoms with E-state index in [9.17, 15) is 14.7 Å². The van der Waals surface area contributed by atoms with E-state index in [1.54, 1.807) is 60.7 Å². The number of para-hydroxylation sites is 1. The Morgan fingerprint density at radius 3 is 2.54 bits per heavy atom. The molecular weight excluding hydrogens is 452 g/mol. The summed E-state index contributed by atoms with van der Waals surface area (Å²) < 4.78 is 27.0. The third-order valence-electron chi connectivity index (χ3n) is 6.06. The van der Waals surface area contributed by atoms with Crippen LogP contribution in [0.15, 0.2) is 69.9 Å². The molecule has 0 radical (unpaired) electrons. The first-order valence-electron chi connectivity index (χ1n) is 10.9. The first-order valence-corrected chi connectivity index (χ1v) is 10.9. The lowest BCUT2D eigenvalue weighted by Gasteiger charge is -2.19. The first-order chi connectivity index (χ1) is 17.0. The van der Waals surface area contributed by atoms with E-state index in [4.69, 9.17) is 23.4 Å². The standard InChI is InChI=1S/C27H22O8/c1-31-21-9-8-16(12-23(21)32-2)19(28)13-18(15-7-10-22-24(11-15)34-14-33-22)25-26(29)17-5-3-4-6-20(17)35-27(25)30/h3-12,18,29H,13-14H2,1-2H3/t18-/m0/s1. The van der Waals surface area contributed by atoms with Gasteiger partial charge < -0.3 is 28.5 Å². The number of aromatic hydroxyl groups is 1. The van der Waals surface area contributed by atoms with Gasteiger partial charge in [0.1, 0.15) is 11.3 Å². The van der Waals surface area contributed by atoms with Crippen LogP contribution in [0.25, 0.3) is 11.0 Å². The minimum atomic E-state index is -0.814. The van der Waals surface area contributed by atoms with Crippen molar-refractivity contribution < 1.29 is 33.3 Å². The Morgan fingerprint density at radius 1 is 0.971 bits per heavy atom. The summed E-state index contributed by atoms with van der Waals surface area (Å²) in [6, 6.07) is 16.7. The molecule has 0 unspecified atom stereocenters. The Morgan fingerprint density at radius 2 is 1.74 bits per heavy atom. The largest absolute Gasteiger partial charge is 0.507 e. The molecule has 4 aromatic rings. The first kappa shape index (κ1) is 22.3. The third kappa shape index (κ3) is 4.03. The lowest BCUT2D eigenvalue weighted by molar-refractivity contribution is 0.0976. The van der Waals surface area contributed by atoms with E-state index in [0.717, 1.165) is 0 Å². The molecule has 5 rings (SSSR count). The zero-order valence-corrected chi connectivity index (χ0v) is 19.1. The summed E-state index contributed by atoms with van der Waals surface area (Å²) in [5, 5.41) is 11.5. The van der Waals surface area contributed by atoms with E-state index in [1.165, 1.54) is 14.2 Å². The van der Waals surface area contributed by atoms with Gasteiger partial charge in [-0.15, -0.1) is 0 Å². The molecule has 1 atom stereocenters. The molecule has 0 aliphatic carbocycles. The summed E-state index contributed by atoms with van der Waals surface area (Å²) in [6.45, 7) is 0.0807. The van der Waals surface area contributed by atoms with Gasteiger partial charge in [-0.2, -0.15) is 0 Å². The summed E-state index contributed by atoms with van der Waals surface area (Å²) in [6.07, 6.45) is -0.119. The highest BCUT2D eigenvalue weighted by molar-refractivity contribution is 5.97. The van der Waals surface area contributed by atoms with Crippen LogP contribution in [0, 0.1) is 0 Å². The van der Waals surface area contributed by atoms with Gasteiger partial charge in [0.15, 0.2) is 28.8 Å². The topological polar surface area (TPSA) is 104 Å². The predicted octanol–water partition coefficient (Wildman–Crippen LogP) is 4.65. The van der Waals surface area contributed by atoms with Gasteiger partial charge in [0, 0.05) is 17.9 Å². The van der Waals surface area contributed by atoms with Crippen molar-refractivity contribution in [3.8, 4) is 28.7 Å². The number of carbonyl (C=O) groups excluding carboxylic acids is 1. The highest BCUT2D eigenvalue weighted by atomic mass is 16.7. The second kappa shape index (κ2) is 9.06. The monoisotopic (exact) mass is 474 g/mol. The maximum atomic E-state index is 13.4. The Bertz CT molecular complexity index is 1490. The average Bonchev–Trinajstić information content (AvgIpc) is 3.35. The molecular formula is C27H22O8. The number of ether oxygens (including phenoxy) is 4. The number of carbonyl (C=O) groups is 1. The Hall–Kier alpha value is -4.46. The van der Waals surface area contributed by atoms with Gasteiger partial charge in [0.2, 0.25) is 6.79 Å². The number of methoxy groups -OCH3 is 2. The molecule has 1 N–H and O–H groups in total. The zero-order valence-electron chi connectivity index (χ0n) is 19.1. The summed E-state index contributed by atoms with van der Waals surface area (Å²) in [7, 11) is 3.00. The molecule has 1 aliphatic rings. The summed E-state index contributed by atoms with van der Waals surface area (Å²) in [5.41, 5.74) is 0.508. The molecule has 0 saturated carbocycles. The highest BCUT2D eigenvalue weighted by Crippen LogP contribution is 2.41. The fourth-order valence-corrected chi connectivity index (χ4v) is 4.28. The molecule has 1 aliphatic heterocycles. The van der Waals surface area contributed by atoms with Crippen molar-refractivity contribution in [2.45, 2.75) is 12.3 Å². The smallest absolute Gasteiger partial charge is 0.343 e. The summed E-state index contributed by atoms with van der Waals surface area (Å²) in [4.78, 5) is 26.5. The Labute approximate surface area is 200 Å². The van der Waals surface area contributed by atoms with Crippen LogP contribution in [0.2, 0.25) is 0 Å². The lowest BCUT2D eigenvalue weighted by atomic mass is 9.85. The minimum Gasteiger partial charge on any atom is -0.507 e. The van der Waals surface area contributed by atoms with E-state index in [-0.39, 0.29) is 35.9 Å². The maximum absolute atomic E-state index is 13.4. The van der Waals surface area contributed by atoms with Gasteiger partial charge in [-0.05, 0) is 48.0 Å². The molecule has 0 fully saturated rings. The molecule has 8 nitrogen and oxygen atoms in total. The molecule has 3 aromatic carbocycles. The van der Waals surface area contributed by atoms with Crippen LogP contribution in [-0.2, 0) is 0 Å². The quantitative estimate of drug-likeness (QED) is 0.305. The van der Waals surface area contributed by atoms with Gasteiger partial charge >= 0.3 is 5.63 Å². The van der Waals surface area contributed by atoms with E-state index in [1.807, 2.05) is 0 Å². The van der Waals surface area contributed by atoms with E-state index in [2.05, 4.69) is 0 Å². The number of ketones is 1. The molecule has 8 heteroatoms. The van der Waals surface area contributed by atoms with Crippen LogP contribution in [-0.4, -0.2) is 31.9 Å². The van der Waals surface area contributed by atoms with Crippen molar-refractivity contribution in [2.24, 2.45) is 0 Å². The molecule has 0 bridgehead atoms. The fourth-order valence-electron chi connectivity index (χ4n) is 4.28.